The zero-order valence-electron chi connectivity index (χ0n) is 11.3. The number of anilines is 1. The van der Waals surface area contributed by atoms with Gasteiger partial charge in [-0.15, -0.1) is 0 Å². The molecule has 2 aromatic rings. The van der Waals surface area contributed by atoms with Gasteiger partial charge in [0, 0.05) is 4.90 Å². The fraction of sp³-hybridized carbons (Fsp3) is 0.286. The van der Waals surface area contributed by atoms with Crippen LogP contribution in [0.4, 0.5) is 5.69 Å². The standard InChI is InChI=1S/C14H17N3OS/c1-9(2)18-13-12(15)14(17-8-16-13)19-11-7-5-4-6-10(11)3/h4-9H,15H2,1-3H3. The van der Waals surface area contributed by atoms with Crippen LogP contribution >= 0.6 is 11.8 Å². The van der Waals surface area contributed by atoms with Crippen molar-refractivity contribution >= 4 is 17.4 Å². The van der Waals surface area contributed by atoms with Crippen LogP contribution in [0.15, 0.2) is 40.5 Å². The van der Waals surface area contributed by atoms with E-state index >= 15 is 0 Å². The number of aryl methyl sites for hydroxylation is 1. The molecule has 0 aliphatic carbocycles. The summed E-state index contributed by atoms with van der Waals surface area (Å²) in [5.74, 6) is 0.445. The molecule has 1 aromatic heterocycles. The van der Waals surface area contributed by atoms with Crippen LogP contribution in [-0.2, 0) is 0 Å². The topological polar surface area (TPSA) is 61.0 Å². The van der Waals surface area contributed by atoms with Crippen LogP contribution in [0.1, 0.15) is 19.4 Å². The van der Waals surface area contributed by atoms with Crippen molar-refractivity contribution in [1.29, 1.82) is 0 Å². The Kier molecular flexibility index (Phi) is 4.27. The van der Waals surface area contributed by atoms with E-state index in [0.29, 0.717) is 11.6 Å². The lowest BCUT2D eigenvalue weighted by molar-refractivity contribution is 0.233. The summed E-state index contributed by atoms with van der Waals surface area (Å²) >= 11 is 1.53. The molecule has 0 unspecified atom stereocenters. The average Bonchev–Trinajstić information content (AvgIpc) is 2.36. The van der Waals surface area contributed by atoms with E-state index in [1.165, 1.54) is 23.7 Å². The number of hydrogen-bond donors (Lipinski definition) is 1. The highest BCUT2D eigenvalue weighted by Crippen LogP contribution is 2.35. The predicted octanol–water partition coefficient (Wildman–Crippen LogP) is 3.31. The van der Waals surface area contributed by atoms with Crippen LogP contribution in [-0.4, -0.2) is 16.1 Å². The molecule has 0 aliphatic rings. The third-order valence-electron chi connectivity index (χ3n) is 2.46. The monoisotopic (exact) mass is 275 g/mol. The van der Waals surface area contributed by atoms with Gasteiger partial charge >= 0.3 is 0 Å². The Morgan fingerprint density at radius 3 is 2.63 bits per heavy atom. The lowest BCUT2D eigenvalue weighted by Crippen LogP contribution is -2.10. The molecule has 0 amide bonds. The summed E-state index contributed by atoms with van der Waals surface area (Å²) < 4.78 is 5.56. The summed E-state index contributed by atoms with van der Waals surface area (Å²) in [7, 11) is 0. The molecule has 0 fully saturated rings. The normalized spacial score (nSPS) is 10.7. The first-order valence-electron chi connectivity index (χ1n) is 6.08. The Morgan fingerprint density at radius 2 is 1.95 bits per heavy atom. The van der Waals surface area contributed by atoms with Crippen LogP contribution in [0, 0.1) is 6.92 Å². The maximum Gasteiger partial charge on any atom is 0.241 e. The molecule has 0 atom stereocenters. The molecule has 1 aromatic carbocycles. The Hall–Kier alpha value is -1.75. The Labute approximate surface area is 117 Å². The zero-order valence-corrected chi connectivity index (χ0v) is 12.1. The number of hydrogen-bond acceptors (Lipinski definition) is 5. The van der Waals surface area contributed by atoms with Crippen LogP contribution in [0.5, 0.6) is 5.88 Å². The second-order valence-electron chi connectivity index (χ2n) is 4.43. The van der Waals surface area contributed by atoms with Gasteiger partial charge in [0.05, 0.1) is 6.10 Å². The number of benzene rings is 1. The Bertz CT molecular complexity index is 572. The first-order valence-corrected chi connectivity index (χ1v) is 6.90. The molecule has 2 N–H and O–H groups in total. The molecule has 1 heterocycles. The molecule has 19 heavy (non-hydrogen) atoms. The molecular formula is C14H17N3OS. The fourth-order valence-electron chi connectivity index (χ4n) is 1.54. The quantitative estimate of drug-likeness (QED) is 0.867. The maximum absolute atomic E-state index is 6.06. The third kappa shape index (κ3) is 3.38. The van der Waals surface area contributed by atoms with E-state index in [4.69, 9.17) is 10.5 Å². The highest BCUT2D eigenvalue weighted by Gasteiger charge is 2.12. The van der Waals surface area contributed by atoms with Crippen molar-refractivity contribution in [1.82, 2.24) is 9.97 Å². The van der Waals surface area contributed by atoms with E-state index in [1.807, 2.05) is 32.0 Å². The minimum atomic E-state index is 0.0357. The van der Waals surface area contributed by atoms with E-state index in [1.54, 1.807) is 0 Å². The zero-order chi connectivity index (χ0) is 13.8. The predicted molar refractivity (Wildman–Crippen MR) is 77.5 cm³/mol. The van der Waals surface area contributed by atoms with Crippen LogP contribution in [0.25, 0.3) is 0 Å². The highest BCUT2D eigenvalue weighted by atomic mass is 32.2. The van der Waals surface area contributed by atoms with Gasteiger partial charge in [0.1, 0.15) is 17.0 Å². The van der Waals surface area contributed by atoms with Crippen LogP contribution < -0.4 is 10.5 Å². The molecule has 4 nitrogen and oxygen atoms in total. The largest absolute Gasteiger partial charge is 0.473 e. The number of ether oxygens (including phenoxy) is 1. The molecule has 0 saturated heterocycles. The van der Waals surface area contributed by atoms with Gasteiger partial charge in [0.2, 0.25) is 5.88 Å². The van der Waals surface area contributed by atoms with Crippen molar-refractivity contribution in [2.45, 2.75) is 36.8 Å². The smallest absolute Gasteiger partial charge is 0.241 e. The average molecular weight is 275 g/mol. The van der Waals surface area contributed by atoms with Crippen molar-refractivity contribution in [3.05, 3.63) is 36.2 Å². The molecule has 100 valence electrons. The second-order valence-corrected chi connectivity index (χ2v) is 5.46. The fourth-order valence-corrected chi connectivity index (χ4v) is 2.42. The maximum atomic E-state index is 6.06. The molecule has 5 heteroatoms. The van der Waals surface area contributed by atoms with Crippen LogP contribution in [0.2, 0.25) is 0 Å². The lowest BCUT2D eigenvalue weighted by Gasteiger charge is -2.12. The molecule has 0 spiro atoms. The summed E-state index contributed by atoms with van der Waals surface area (Å²) in [5, 5.41) is 0.722. The van der Waals surface area contributed by atoms with Gasteiger partial charge in [-0.05, 0) is 32.4 Å². The van der Waals surface area contributed by atoms with Gasteiger partial charge in [-0.3, -0.25) is 0 Å². The summed E-state index contributed by atoms with van der Waals surface area (Å²) in [6.45, 7) is 5.94. The summed E-state index contributed by atoms with van der Waals surface area (Å²) in [6, 6.07) is 8.12. The Morgan fingerprint density at radius 1 is 1.21 bits per heavy atom. The SMILES string of the molecule is Cc1ccccc1Sc1ncnc(OC(C)C)c1N. The van der Waals surface area contributed by atoms with E-state index in [-0.39, 0.29) is 6.10 Å². The van der Waals surface area contributed by atoms with Gasteiger partial charge in [-0.25, -0.2) is 4.98 Å². The van der Waals surface area contributed by atoms with Gasteiger partial charge in [-0.2, -0.15) is 4.98 Å². The number of aromatic nitrogens is 2. The highest BCUT2D eigenvalue weighted by molar-refractivity contribution is 7.99. The van der Waals surface area contributed by atoms with E-state index in [9.17, 15) is 0 Å². The molecular weight excluding hydrogens is 258 g/mol. The van der Waals surface area contributed by atoms with E-state index < -0.39 is 0 Å². The number of nitrogens with two attached hydrogens (primary N) is 1. The number of nitrogens with zero attached hydrogens (tertiary/aromatic N) is 2. The molecule has 0 bridgehead atoms. The summed E-state index contributed by atoms with van der Waals surface area (Å²) in [4.78, 5) is 9.43. The van der Waals surface area contributed by atoms with Crippen molar-refractivity contribution in [2.75, 3.05) is 5.73 Å². The molecule has 0 aliphatic heterocycles. The van der Waals surface area contributed by atoms with Crippen molar-refractivity contribution in [3.63, 3.8) is 0 Å². The van der Waals surface area contributed by atoms with Crippen molar-refractivity contribution in [3.8, 4) is 5.88 Å². The number of rotatable bonds is 4. The van der Waals surface area contributed by atoms with E-state index in [0.717, 1.165) is 9.92 Å². The third-order valence-corrected chi connectivity index (χ3v) is 3.65. The van der Waals surface area contributed by atoms with Gasteiger partial charge in [-0.1, -0.05) is 30.0 Å². The Balaban J connectivity index is 2.28. The molecule has 0 radical (unpaired) electrons. The lowest BCUT2D eigenvalue weighted by atomic mass is 10.2. The van der Waals surface area contributed by atoms with Crippen LogP contribution in [0.3, 0.4) is 0 Å². The molecule has 0 saturated carbocycles. The molecule has 2 rings (SSSR count). The first kappa shape index (κ1) is 13.7. The minimum absolute atomic E-state index is 0.0357. The van der Waals surface area contributed by atoms with Gasteiger partial charge < -0.3 is 10.5 Å². The summed E-state index contributed by atoms with van der Waals surface area (Å²) in [5.41, 5.74) is 7.74. The van der Waals surface area contributed by atoms with E-state index in [2.05, 4.69) is 23.0 Å². The second kappa shape index (κ2) is 5.93. The summed E-state index contributed by atoms with van der Waals surface area (Å²) in [6.07, 6.45) is 1.52. The van der Waals surface area contributed by atoms with Gasteiger partial charge in [0.15, 0.2) is 0 Å². The minimum Gasteiger partial charge on any atom is -0.473 e. The number of nitrogen functional groups attached to an aromatic ring is 1. The van der Waals surface area contributed by atoms with Gasteiger partial charge in [0.25, 0.3) is 0 Å². The van der Waals surface area contributed by atoms with Crippen molar-refractivity contribution < 1.29 is 4.74 Å². The first-order chi connectivity index (χ1) is 9.08. The van der Waals surface area contributed by atoms with Crippen molar-refractivity contribution in [2.24, 2.45) is 0 Å².